The highest BCUT2D eigenvalue weighted by molar-refractivity contribution is 6.06. The number of piperazine rings is 1. The van der Waals surface area contributed by atoms with Crippen molar-refractivity contribution in [2.45, 2.75) is 45.8 Å². The van der Waals surface area contributed by atoms with Crippen molar-refractivity contribution in [1.29, 1.82) is 0 Å². The zero-order chi connectivity index (χ0) is 15.4. The van der Waals surface area contributed by atoms with Gasteiger partial charge in [-0.05, 0) is 31.9 Å². The topological polar surface area (TPSA) is 58.6 Å². The molecule has 1 aliphatic heterocycles. The minimum Gasteiger partial charge on any atom is -0.491 e. The molecule has 0 radical (unpaired) electrons. The maximum atomic E-state index is 12.2. The Kier molecular flexibility index (Phi) is 4.83. The van der Waals surface area contributed by atoms with Gasteiger partial charge >= 0.3 is 0 Å². The SMILES string of the molecule is CCC(C)Oc1cccc(N2C(=O)CNC(=O)C2CC)c1. The molecule has 1 aromatic rings. The molecule has 2 unspecified atom stereocenters. The molecule has 2 rings (SSSR count). The van der Waals surface area contributed by atoms with Gasteiger partial charge in [0.25, 0.3) is 0 Å². The first kappa shape index (κ1) is 15.4. The largest absolute Gasteiger partial charge is 0.491 e. The molecule has 114 valence electrons. The van der Waals surface area contributed by atoms with E-state index < -0.39 is 6.04 Å². The molecule has 0 spiro atoms. The fourth-order valence-electron chi connectivity index (χ4n) is 2.37. The molecule has 0 aliphatic carbocycles. The third-order valence-electron chi connectivity index (χ3n) is 3.69. The minimum atomic E-state index is -0.454. The Morgan fingerprint density at radius 1 is 1.38 bits per heavy atom. The molecule has 1 fully saturated rings. The second kappa shape index (κ2) is 6.61. The van der Waals surface area contributed by atoms with E-state index in [2.05, 4.69) is 12.2 Å². The third-order valence-corrected chi connectivity index (χ3v) is 3.69. The minimum absolute atomic E-state index is 0.0474. The van der Waals surface area contributed by atoms with Gasteiger partial charge in [-0.15, -0.1) is 0 Å². The fourth-order valence-corrected chi connectivity index (χ4v) is 2.37. The molecule has 1 aliphatic rings. The summed E-state index contributed by atoms with van der Waals surface area (Å²) in [5.41, 5.74) is 0.711. The van der Waals surface area contributed by atoms with Gasteiger partial charge in [0.2, 0.25) is 11.8 Å². The number of carbonyl (C=O) groups excluding carboxylic acids is 2. The standard InChI is InChI=1S/C16H22N2O3/c1-4-11(3)21-13-8-6-7-12(9-13)18-14(5-2)16(20)17-10-15(18)19/h6-9,11,14H,4-5,10H2,1-3H3,(H,17,20). The molecule has 5 heteroatoms. The van der Waals surface area contributed by atoms with Gasteiger partial charge in [-0.2, -0.15) is 0 Å². The third kappa shape index (κ3) is 3.35. The number of nitrogens with one attached hydrogen (secondary N) is 1. The predicted molar refractivity (Wildman–Crippen MR) is 81.4 cm³/mol. The first-order valence-corrected chi connectivity index (χ1v) is 7.43. The van der Waals surface area contributed by atoms with Crippen molar-refractivity contribution in [1.82, 2.24) is 5.32 Å². The molecule has 5 nitrogen and oxygen atoms in total. The summed E-state index contributed by atoms with van der Waals surface area (Å²) in [6.07, 6.45) is 1.60. The lowest BCUT2D eigenvalue weighted by Gasteiger charge is -2.34. The smallest absolute Gasteiger partial charge is 0.247 e. The van der Waals surface area contributed by atoms with Crippen molar-refractivity contribution in [2.75, 3.05) is 11.4 Å². The van der Waals surface area contributed by atoms with Gasteiger partial charge in [0.1, 0.15) is 11.8 Å². The van der Waals surface area contributed by atoms with Gasteiger partial charge in [0.05, 0.1) is 12.6 Å². The van der Waals surface area contributed by atoms with Crippen molar-refractivity contribution < 1.29 is 14.3 Å². The number of nitrogens with zero attached hydrogens (tertiary/aromatic N) is 1. The molecular weight excluding hydrogens is 268 g/mol. The summed E-state index contributed by atoms with van der Waals surface area (Å²) in [6, 6.07) is 6.92. The molecular formula is C16H22N2O3. The molecule has 2 amide bonds. The number of hydrogen-bond acceptors (Lipinski definition) is 3. The molecule has 2 atom stereocenters. The Hall–Kier alpha value is -2.04. The average Bonchev–Trinajstić information content (AvgIpc) is 2.49. The summed E-state index contributed by atoms with van der Waals surface area (Å²) >= 11 is 0. The van der Waals surface area contributed by atoms with Crippen LogP contribution in [0.3, 0.4) is 0 Å². The van der Waals surface area contributed by atoms with Crippen LogP contribution in [0.5, 0.6) is 5.75 Å². The Balaban J connectivity index is 2.28. The van der Waals surface area contributed by atoms with Crippen LogP contribution in [-0.2, 0) is 9.59 Å². The molecule has 21 heavy (non-hydrogen) atoms. The van der Waals surface area contributed by atoms with E-state index in [1.54, 1.807) is 4.90 Å². The lowest BCUT2D eigenvalue weighted by atomic mass is 10.1. The number of benzene rings is 1. The number of amides is 2. The highest BCUT2D eigenvalue weighted by Crippen LogP contribution is 2.26. The van der Waals surface area contributed by atoms with Crippen molar-refractivity contribution >= 4 is 17.5 Å². The van der Waals surface area contributed by atoms with Crippen LogP contribution in [0.25, 0.3) is 0 Å². The van der Waals surface area contributed by atoms with Crippen molar-refractivity contribution in [3.8, 4) is 5.75 Å². The number of ether oxygens (including phenoxy) is 1. The number of carbonyl (C=O) groups is 2. The molecule has 1 heterocycles. The summed E-state index contributed by atoms with van der Waals surface area (Å²) in [6.45, 7) is 6.00. The highest BCUT2D eigenvalue weighted by atomic mass is 16.5. The van der Waals surface area contributed by atoms with Crippen LogP contribution in [0, 0.1) is 0 Å². The lowest BCUT2D eigenvalue weighted by Crippen LogP contribution is -2.58. The maximum Gasteiger partial charge on any atom is 0.247 e. The van der Waals surface area contributed by atoms with E-state index in [4.69, 9.17) is 4.74 Å². The van der Waals surface area contributed by atoms with Gasteiger partial charge in [-0.1, -0.05) is 19.9 Å². The Morgan fingerprint density at radius 2 is 2.14 bits per heavy atom. The van der Waals surface area contributed by atoms with Crippen molar-refractivity contribution in [3.05, 3.63) is 24.3 Å². The second-order valence-electron chi connectivity index (χ2n) is 5.24. The van der Waals surface area contributed by atoms with Gasteiger partial charge in [-0.3, -0.25) is 14.5 Å². The fraction of sp³-hybridized carbons (Fsp3) is 0.500. The van der Waals surface area contributed by atoms with Crippen LogP contribution in [0.2, 0.25) is 0 Å². The van der Waals surface area contributed by atoms with Crippen molar-refractivity contribution in [3.63, 3.8) is 0 Å². The zero-order valence-corrected chi connectivity index (χ0v) is 12.8. The molecule has 0 saturated carbocycles. The van der Waals surface area contributed by atoms with Crippen LogP contribution >= 0.6 is 0 Å². The van der Waals surface area contributed by atoms with E-state index in [9.17, 15) is 9.59 Å². The molecule has 0 bridgehead atoms. The van der Waals surface area contributed by atoms with Crippen LogP contribution in [-0.4, -0.2) is 30.5 Å². The molecule has 1 aromatic carbocycles. The Bertz CT molecular complexity index is 530. The van der Waals surface area contributed by atoms with Gasteiger partial charge in [-0.25, -0.2) is 0 Å². The molecule has 1 saturated heterocycles. The summed E-state index contributed by atoms with van der Waals surface area (Å²) < 4.78 is 5.79. The highest BCUT2D eigenvalue weighted by Gasteiger charge is 2.34. The summed E-state index contributed by atoms with van der Waals surface area (Å²) in [7, 11) is 0. The second-order valence-corrected chi connectivity index (χ2v) is 5.24. The lowest BCUT2D eigenvalue weighted by molar-refractivity contribution is -0.131. The van der Waals surface area contributed by atoms with E-state index in [-0.39, 0.29) is 24.5 Å². The van der Waals surface area contributed by atoms with Crippen molar-refractivity contribution in [2.24, 2.45) is 0 Å². The summed E-state index contributed by atoms with van der Waals surface area (Å²) in [4.78, 5) is 25.7. The van der Waals surface area contributed by atoms with E-state index >= 15 is 0 Å². The number of rotatable bonds is 5. The first-order valence-electron chi connectivity index (χ1n) is 7.43. The van der Waals surface area contributed by atoms with E-state index in [1.807, 2.05) is 38.1 Å². The molecule has 0 aromatic heterocycles. The van der Waals surface area contributed by atoms with Crippen LogP contribution in [0.15, 0.2) is 24.3 Å². The van der Waals surface area contributed by atoms with E-state index in [1.165, 1.54) is 0 Å². The quantitative estimate of drug-likeness (QED) is 0.903. The maximum absolute atomic E-state index is 12.2. The van der Waals surface area contributed by atoms with E-state index in [0.717, 1.165) is 12.2 Å². The number of hydrogen-bond donors (Lipinski definition) is 1. The van der Waals surface area contributed by atoms with Gasteiger partial charge in [0, 0.05) is 11.8 Å². The summed E-state index contributed by atoms with van der Waals surface area (Å²) in [5, 5.41) is 2.63. The first-order chi connectivity index (χ1) is 10.1. The van der Waals surface area contributed by atoms with Crippen LogP contribution in [0.4, 0.5) is 5.69 Å². The Morgan fingerprint density at radius 3 is 2.81 bits per heavy atom. The average molecular weight is 290 g/mol. The van der Waals surface area contributed by atoms with E-state index in [0.29, 0.717) is 12.1 Å². The normalized spacial score (nSPS) is 20.1. The molecule has 1 N–H and O–H groups in total. The predicted octanol–water partition coefficient (Wildman–Crippen LogP) is 2.11. The number of anilines is 1. The van der Waals surface area contributed by atoms with Crippen LogP contribution < -0.4 is 15.0 Å². The monoisotopic (exact) mass is 290 g/mol. The van der Waals surface area contributed by atoms with Gasteiger partial charge < -0.3 is 10.1 Å². The van der Waals surface area contributed by atoms with Crippen LogP contribution in [0.1, 0.15) is 33.6 Å². The zero-order valence-electron chi connectivity index (χ0n) is 12.8. The summed E-state index contributed by atoms with van der Waals surface area (Å²) in [5.74, 6) is 0.517. The van der Waals surface area contributed by atoms with Gasteiger partial charge in [0.15, 0.2) is 0 Å². The Labute approximate surface area is 125 Å².